The standard InChI is InChI=1S/C12H23BrN2/c1-5-15(8-11(4)7-14)9-12(6-13)10(2)3/h10-12H,5-6,8-9H2,1-4H3. The first-order valence-electron chi connectivity index (χ1n) is 5.73. The van der Waals surface area contributed by atoms with Crippen molar-refractivity contribution < 1.29 is 0 Å². The molecule has 0 aromatic carbocycles. The minimum atomic E-state index is 0.132. The maximum absolute atomic E-state index is 8.79. The maximum Gasteiger partial charge on any atom is 0.0666 e. The van der Waals surface area contributed by atoms with Crippen molar-refractivity contribution in [3.63, 3.8) is 0 Å². The van der Waals surface area contributed by atoms with E-state index in [1.807, 2.05) is 6.92 Å². The highest BCUT2D eigenvalue weighted by Gasteiger charge is 2.16. The van der Waals surface area contributed by atoms with Gasteiger partial charge in [-0.3, -0.25) is 0 Å². The molecular formula is C12H23BrN2. The number of nitriles is 1. The van der Waals surface area contributed by atoms with E-state index in [4.69, 9.17) is 5.26 Å². The van der Waals surface area contributed by atoms with Gasteiger partial charge in [-0.2, -0.15) is 5.26 Å². The van der Waals surface area contributed by atoms with Crippen LogP contribution in [0.15, 0.2) is 0 Å². The zero-order valence-corrected chi connectivity index (χ0v) is 11.9. The molecule has 0 aliphatic carbocycles. The zero-order chi connectivity index (χ0) is 11.8. The maximum atomic E-state index is 8.79. The van der Waals surface area contributed by atoms with Crippen molar-refractivity contribution in [3.05, 3.63) is 0 Å². The Morgan fingerprint density at radius 2 is 1.87 bits per heavy atom. The third-order valence-electron chi connectivity index (χ3n) is 2.83. The third kappa shape index (κ3) is 6.17. The Morgan fingerprint density at radius 3 is 2.20 bits per heavy atom. The van der Waals surface area contributed by atoms with Crippen LogP contribution in [0, 0.1) is 29.1 Å². The monoisotopic (exact) mass is 274 g/mol. The highest BCUT2D eigenvalue weighted by Crippen LogP contribution is 2.16. The van der Waals surface area contributed by atoms with Crippen LogP contribution in [0.4, 0.5) is 0 Å². The molecule has 2 nitrogen and oxygen atoms in total. The molecule has 0 aromatic rings. The fourth-order valence-corrected chi connectivity index (χ4v) is 2.48. The molecule has 0 bridgehead atoms. The summed E-state index contributed by atoms with van der Waals surface area (Å²) in [6.07, 6.45) is 0. The van der Waals surface area contributed by atoms with Gasteiger partial charge in [-0.1, -0.05) is 36.7 Å². The number of halogens is 1. The van der Waals surface area contributed by atoms with E-state index in [-0.39, 0.29) is 5.92 Å². The third-order valence-corrected chi connectivity index (χ3v) is 3.67. The molecule has 0 amide bonds. The van der Waals surface area contributed by atoms with Gasteiger partial charge in [0.15, 0.2) is 0 Å². The summed E-state index contributed by atoms with van der Waals surface area (Å²) in [5, 5.41) is 9.84. The van der Waals surface area contributed by atoms with Crippen molar-refractivity contribution in [1.29, 1.82) is 5.26 Å². The number of rotatable bonds is 7. The topological polar surface area (TPSA) is 27.0 Å². The summed E-state index contributed by atoms with van der Waals surface area (Å²) in [5.74, 6) is 1.50. The van der Waals surface area contributed by atoms with Crippen LogP contribution < -0.4 is 0 Å². The van der Waals surface area contributed by atoms with Crippen LogP contribution in [-0.2, 0) is 0 Å². The lowest BCUT2D eigenvalue weighted by Gasteiger charge is -2.28. The molecule has 0 radical (unpaired) electrons. The van der Waals surface area contributed by atoms with Crippen molar-refractivity contribution in [2.24, 2.45) is 17.8 Å². The lowest BCUT2D eigenvalue weighted by atomic mass is 9.97. The summed E-state index contributed by atoms with van der Waals surface area (Å²) in [7, 11) is 0. The van der Waals surface area contributed by atoms with Gasteiger partial charge in [-0.05, 0) is 25.3 Å². The van der Waals surface area contributed by atoms with E-state index in [2.05, 4.69) is 47.7 Å². The molecule has 0 saturated carbocycles. The molecule has 0 spiro atoms. The van der Waals surface area contributed by atoms with Crippen molar-refractivity contribution in [2.45, 2.75) is 27.7 Å². The molecule has 0 aliphatic heterocycles. The number of alkyl halides is 1. The fraction of sp³-hybridized carbons (Fsp3) is 0.917. The normalized spacial score (nSPS) is 15.3. The van der Waals surface area contributed by atoms with Gasteiger partial charge in [0.1, 0.15) is 0 Å². The van der Waals surface area contributed by atoms with Gasteiger partial charge in [-0.25, -0.2) is 0 Å². The second-order valence-electron chi connectivity index (χ2n) is 4.54. The summed E-state index contributed by atoms with van der Waals surface area (Å²) in [4.78, 5) is 2.37. The molecule has 3 heteroatoms. The van der Waals surface area contributed by atoms with Crippen molar-refractivity contribution in [3.8, 4) is 6.07 Å². The van der Waals surface area contributed by atoms with Crippen molar-refractivity contribution in [1.82, 2.24) is 4.90 Å². The molecule has 0 fully saturated rings. The van der Waals surface area contributed by atoms with E-state index in [1.54, 1.807) is 0 Å². The smallest absolute Gasteiger partial charge is 0.0666 e. The molecular weight excluding hydrogens is 252 g/mol. The summed E-state index contributed by atoms with van der Waals surface area (Å²) in [6.45, 7) is 11.7. The zero-order valence-electron chi connectivity index (χ0n) is 10.3. The first kappa shape index (κ1) is 14.9. The predicted octanol–water partition coefficient (Wildman–Crippen LogP) is 3.14. The van der Waals surface area contributed by atoms with Crippen LogP contribution >= 0.6 is 15.9 Å². The van der Waals surface area contributed by atoms with E-state index in [1.165, 1.54) is 0 Å². The van der Waals surface area contributed by atoms with Crippen molar-refractivity contribution >= 4 is 15.9 Å². The highest BCUT2D eigenvalue weighted by atomic mass is 79.9. The predicted molar refractivity (Wildman–Crippen MR) is 69.0 cm³/mol. The van der Waals surface area contributed by atoms with Gasteiger partial charge < -0.3 is 4.90 Å². The Labute approximate surface area is 103 Å². The molecule has 0 rings (SSSR count). The van der Waals surface area contributed by atoms with Crippen LogP contribution in [0.5, 0.6) is 0 Å². The van der Waals surface area contributed by atoms with Gasteiger partial charge in [-0.15, -0.1) is 0 Å². The van der Waals surface area contributed by atoms with Crippen LogP contribution in [0.1, 0.15) is 27.7 Å². The summed E-state index contributed by atoms with van der Waals surface area (Å²) in [5.41, 5.74) is 0. The SMILES string of the molecule is CCN(CC(C)C#N)CC(CBr)C(C)C. The Balaban J connectivity index is 4.13. The average molecular weight is 275 g/mol. The summed E-state index contributed by atoms with van der Waals surface area (Å²) < 4.78 is 0. The highest BCUT2D eigenvalue weighted by molar-refractivity contribution is 9.09. The van der Waals surface area contributed by atoms with E-state index in [9.17, 15) is 0 Å². The van der Waals surface area contributed by atoms with Gasteiger partial charge in [0.05, 0.1) is 12.0 Å². The Hall–Kier alpha value is -0.0700. The number of hydrogen-bond acceptors (Lipinski definition) is 2. The number of nitrogens with zero attached hydrogens (tertiary/aromatic N) is 2. The van der Waals surface area contributed by atoms with Crippen LogP contribution in [0.25, 0.3) is 0 Å². The van der Waals surface area contributed by atoms with Crippen molar-refractivity contribution in [2.75, 3.05) is 25.0 Å². The fourth-order valence-electron chi connectivity index (χ4n) is 1.53. The second-order valence-corrected chi connectivity index (χ2v) is 5.19. The summed E-state index contributed by atoms with van der Waals surface area (Å²) >= 11 is 3.57. The number of hydrogen-bond donors (Lipinski definition) is 0. The largest absolute Gasteiger partial charge is 0.302 e. The molecule has 0 aromatic heterocycles. The average Bonchev–Trinajstić information content (AvgIpc) is 2.22. The molecule has 0 saturated heterocycles. The quantitative estimate of drug-likeness (QED) is 0.667. The van der Waals surface area contributed by atoms with Gasteiger partial charge in [0.2, 0.25) is 0 Å². The molecule has 0 N–H and O–H groups in total. The first-order chi connectivity index (χ1) is 7.04. The second kappa shape index (κ2) is 8.13. The van der Waals surface area contributed by atoms with E-state index < -0.39 is 0 Å². The Kier molecular flexibility index (Phi) is 8.09. The Morgan fingerprint density at radius 1 is 1.27 bits per heavy atom. The first-order valence-corrected chi connectivity index (χ1v) is 6.85. The molecule has 2 unspecified atom stereocenters. The van der Waals surface area contributed by atoms with Gasteiger partial charge >= 0.3 is 0 Å². The van der Waals surface area contributed by atoms with E-state index >= 15 is 0 Å². The molecule has 88 valence electrons. The lowest BCUT2D eigenvalue weighted by molar-refractivity contribution is 0.211. The minimum absolute atomic E-state index is 0.132. The Bertz CT molecular complexity index is 198. The molecule has 0 heterocycles. The van der Waals surface area contributed by atoms with E-state index in [0.29, 0.717) is 11.8 Å². The van der Waals surface area contributed by atoms with Gasteiger partial charge in [0, 0.05) is 18.4 Å². The van der Waals surface area contributed by atoms with Crippen LogP contribution in [0.3, 0.4) is 0 Å². The van der Waals surface area contributed by atoms with E-state index in [0.717, 1.165) is 25.0 Å². The summed E-state index contributed by atoms with van der Waals surface area (Å²) in [6, 6.07) is 2.30. The minimum Gasteiger partial charge on any atom is -0.302 e. The molecule has 15 heavy (non-hydrogen) atoms. The molecule has 2 atom stereocenters. The molecule has 0 aliphatic rings. The lowest BCUT2D eigenvalue weighted by Crippen LogP contribution is -2.35. The van der Waals surface area contributed by atoms with Crippen LogP contribution in [0.2, 0.25) is 0 Å². The van der Waals surface area contributed by atoms with Crippen LogP contribution in [-0.4, -0.2) is 29.9 Å². The van der Waals surface area contributed by atoms with Gasteiger partial charge in [0.25, 0.3) is 0 Å².